The Morgan fingerprint density at radius 2 is 1.83 bits per heavy atom. The van der Waals surface area contributed by atoms with Crippen LogP contribution in [-0.2, 0) is 4.74 Å². The molecule has 0 bridgehead atoms. The molecule has 2 aromatic rings. The van der Waals surface area contributed by atoms with Crippen molar-refractivity contribution in [1.82, 2.24) is 4.57 Å². The van der Waals surface area contributed by atoms with Crippen LogP contribution in [0, 0.1) is 0 Å². The maximum Gasteiger partial charge on any atom is 0.420 e. The average Bonchev–Trinajstić information content (AvgIpc) is 2.50. The van der Waals surface area contributed by atoms with Crippen LogP contribution in [0.4, 0.5) is 4.79 Å². The Hall–Kier alpha value is -1.19. The lowest BCUT2D eigenvalue weighted by Crippen LogP contribution is -2.27. The van der Waals surface area contributed by atoms with E-state index in [1.165, 1.54) is 4.57 Å². The first-order chi connectivity index (χ1) is 8.31. The second-order valence-corrected chi connectivity index (χ2v) is 5.67. The molecule has 1 aromatic carbocycles. The quantitative estimate of drug-likeness (QED) is 0.701. The number of fused-ring (bicyclic) bond motifs is 1. The number of carbonyl (C=O) groups excluding carboxylic acids is 1. The Morgan fingerprint density at radius 1 is 1.22 bits per heavy atom. The van der Waals surface area contributed by atoms with Gasteiger partial charge in [-0.1, -0.05) is 41.4 Å². The van der Waals surface area contributed by atoms with Crippen LogP contribution in [0.25, 0.3) is 10.9 Å². The number of benzene rings is 1. The molecular weight excluding hydrogens is 273 g/mol. The summed E-state index contributed by atoms with van der Waals surface area (Å²) in [5, 5.41) is 1.26. The highest BCUT2D eigenvalue weighted by Gasteiger charge is 2.23. The van der Waals surface area contributed by atoms with Gasteiger partial charge in [0.25, 0.3) is 0 Å². The summed E-state index contributed by atoms with van der Waals surface area (Å²) in [7, 11) is 0. The number of ether oxygens (including phenoxy) is 1. The zero-order valence-corrected chi connectivity index (χ0v) is 11.8. The molecule has 0 aliphatic carbocycles. The van der Waals surface area contributed by atoms with E-state index in [1.54, 1.807) is 26.8 Å². The molecule has 0 saturated carbocycles. The smallest absolute Gasteiger partial charge is 0.420 e. The monoisotopic (exact) mass is 285 g/mol. The van der Waals surface area contributed by atoms with Gasteiger partial charge >= 0.3 is 6.09 Å². The molecule has 0 aliphatic rings. The number of para-hydroxylation sites is 1. The molecule has 18 heavy (non-hydrogen) atoms. The van der Waals surface area contributed by atoms with Crippen LogP contribution in [0.1, 0.15) is 20.8 Å². The van der Waals surface area contributed by atoms with Gasteiger partial charge in [-0.25, -0.2) is 9.36 Å². The van der Waals surface area contributed by atoms with E-state index in [4.69, 9.17) is 27.9 Å². The van der Waals surface area contributed by atoms with Crippen molar-refractivity contribution in [3.8, 4) is 0 Å². The first-order valence-corrected chi connectivity index (χ1v) is 6.24. The Bertz CT molecular complexity index is 611. The maximum absolute atomic E-state index is 12.1. The van der Waals surface area contributed by atoms with Gasteiger partial charge < -0.3 is 4.74 Å². The van der Waals surface area contributed by atoms with Crippen LogP contribution in [-0.4, -0.2) is 16.3 Å². The predicted octanol–water partition coefficient (Wildman–Crippen LogP) is 4.73. The second kappa shape index (κ2) is 4.48. The van der Waals surface area contributed by atoms with E-state index < -0.39 is 11.7 Å². The first-order valence-electron chi connectivity index (χ1n) is 5.49. The van der Waals surface area contributed by atoms with E-state index in [2.05, 4.69) is 0 Å². The maximum atomic E-state index is 12.1. The van der Waals surface area contributed by atoms with Crippen molar-refractivity contribution in [3.63, 3.8) is 0 Å². The molecule has 0 N–H and O–H groups in total. The third-order valence-electron chi connectivity index (χ3n) is 2.33. The minimum atomic E-state index is -0.585. The summed E-state index contributed by atoms with van der Waals surface area (Å²) in [5.74, 6) is 0. The summed E-state index contributed by atoms with van der Waals surface area (Å²) in [6, 6.07) is 7.24. The highest BCUT2D eigenvalue weighted by Crippen LogP contribution is 2.34. The topological polar surface area (TPSA) is 31.2 Å². The third kappa shape index (κ3) is 2.33. The molecule has 0 radical (unpaired) electrons. The molecule has 0 unspecified atom stereocenters. The summed E-state index contributed by atoms with van der Waals surface area (Å²) in [6.07, 6.45) is -0.532. The zero-order chi connectivity index (χ0) is 13.5. The fraction of sp³-hybridized carbons (Fsp3) is 0.308. The average molecular weight is 286 g/mol. The molecule has 5 heteroatoms. The van der Waals surface area contributed by atoms with E-state index >= 15 is 0 Å². The van der Waals surface area contributed by atoms with Gasteiger partial charge in [-0.15, -0.1) is 0 Å². The second-order valence-electron chi connectivity index (χ2n) is 4.94. The van der Waals surface area contributed by atoms with E-state index in [0.29, 0.717) is 10.5 Å². The number of aromatic nitrogens is 1. The number of halogens is 2. The SMILES string of the molecule is CC(C)(C)OC(=O)n1c(Cl)c(Cl)c2ccccc21. The van der Waals surface area contributed by atoms with Crippen molar-refractivity contribution in [1.29, 1.82) is 0 Å². The van der Waals surface area contributed by atoms with Gasteiger partial charge in [-0.2, -0.15) is 0 Å². The predicted molar refractivity (Wildman–Crippen MR) is 73.6 cm³/mol. The summed E-state index contributed by atoms with van der Waals surface area (Å²) in [4.78, 5) is 12.1. The van der Waals surface area contributed by atoms with Crippen LogP contribution >= 0.6 is 23.2 Å². The molecule has 3 nitrogen and oxygen atoms in total. The molecule has 1 aromatic heterocycles. The molecule has 1 heterocycles. The zero-order valence-electron chi connectivity index (χ0n) is 10.3. The molecule has 0 saturated heterocycles. The summed E-state index contributed by atoms with van der Waals surface area (Å²) in [5.41, 5.74) is 0.0555. The van der Waals surface area contributed by atoms with Crippen LogP contribution in [0.3, 0.4) is 0 Å². The summed E-state index contributed by atoms with van der Waals surface area (Å²) >= 11 is 12.2. The Morgan fingerprint density at radius 3 is 2.44 bits per heavy atom. The Labute approximate surface area is 115 Å². The Balaban J connectivity index is 2.58. The van der Waals surface area contributed by atoms with Crippen LogP contribution in [0.15, 0.2) is 24.3 Å². The lowest BCUT2D eigenvalue weighted by atomic mass is 10.2. The van der Waals surface area contributed by atoms with E-state index in [0.717, 1.165) is 5.39 Å². The number of hydrogen-bond acceptors (Lipinski definition) is 2. The number of rotatable bonds is 0. The van der Waals surface area contributed by atoms with E-state index in [-0.39, 0.29) is 5.15 Å². The number of nitrogens with zero attached hydrogens (tertiary/aromatic N) is 1. The van der Waals surface area contributed by atoms with E-state index in [1.807, 2.05) is 18.2 Å². The van der Waals surface area contributed by atoms with Crippen LogP contribution in [0.2, 0.25) is 10.2 Å². The molecule has 0 amide bonds. The highest BCUT2D eigenvalue weighted by atomic mass is 35.5. The minimum Gasteiger partial charge on any atom is -0.443 e. The van der Waals surface area contributed by atoms with Gasteiger partial charge in [0.05, 0.1) is 10.5 Å². The molecule has 0 atom stereocenters. The minimum absolute atomic E-state index is 0.173. The van der Waals surface area contributed by atoms with Gasteiger partial charge in [0.15, 0.2) is 0 Å². The number of carbonyl (C=O) groups is 1. The van der Waals surface area contributed by atoms with Gasteiger partial charge in [-0.05, 0) is 26.8 Å². The summed E-state index contributed by atoms with van der Waals surface area (Å²) in [6.45, 7) is 5.39. The van der Waals surface area contributed by atoms with Crippen LogP contribution in [0.5, 0.6) is 0 Å². The molecule has 0 spiro atoms. The third-order valence-corrected chi connectivity index (χ3v) is 3.17. The largest absolute Gasteiger partial charge is 0.443 e. The van der Waals surface area contributed by atoms with Crippen molar-refractivity contribution >= 4 is 40.2 Å². The first kappa shape index (κ1) is 13.2. The Kier molecular flexibility index (Phi) is 3.30. The van der Waals surface area contributed by atoms with Gasteiger partial charge in [0.2, 0.25) is 0 Å². The van der Waals surface area contributed by atoms with Gasteiger partial charge in [-0.3, -0.25) is 0 Å². The number of hydrogen-bond donors (Lipinski definition) is 0. The van der Waals surface area contributed by atoms with Crippen LogP contribution < -0.4 is 0 Å². The van der Waals surface area contributed by atoms with Crippen molar-refractivity contribution in [2.75, 3.05) is 0 Å². The molecule has 0 aliphatic heterocycles. The molecule has 0 fully saturated rings. The fourth-order valence-electron chi connectivity index (χ4n) is 1.66. The molecule has 2 rings (SSSR count). The van der Waals surface area contributed by atoms with Crippen molar-refractivity contribution in [3.05, 3.63) is 34.4 Å². The summed E-state index contributed by atoms with van der Waals surface area (Å²) < 4.78 is 6.59. The van der Waals surface area contributed by atoms with E-state index in [9.17, 15) is 4.79 Å². The standard InChI is InChI=1S/C13H13Cl2NO2/c1-13(2,3)18-12(17)16-9-7-5-4-6-8(9)10(14)11(16)15/h4-7H,1-3H3. The lowest BCUT2D eigenvalue weighted by Gasteiger charge is -2.20. The van der Waals surface area contributed by atoms with Gasteiger partial charge in [0, 0.05) is 5.39 Å². The van der Waals surface area contributed by atoms with Crippen molar-refractivity contribution < 1.29 is 9.53 Å². The molecule has 96 valence electrons. The van der Waals surface area contributed by atoms with Crippen molar-refractivity contribution in [2.45, 2.75) is 26.4 Å². The fourth-order valence-corrected chi connectivity index (χ4v) is 2.16. The highest BCUT2D eigenvalue weighted by molar-refractivity contribution is 6.46. The normalized spacial score (nSPS) is 11.8. The van der Waals surface area contributed by atoms with Crippen molar-refractivity contribution in [2.24, 2.45) is 0 Å². The lowest BCUT2D eigenvalue weighted by molar-refractivity contribution is 0.0545. The molecular formula is C13H13Cl2NO2. The van der Waals surface area contributed by atoms with Gasteiger partial charge in [0.1, 0.15) is 10.8 Å².